The normalized spacial score (nSPS) is 14.3. The number of amides is 3. The van der Waals surface area contributed by atoms with Crippen LogP contribution >= 0.6 is 0 Å². The fourth-order valence-electron chi connectivity index (χ4n) is 2.77. The van der Waals surface area contributed by atoms with E-state index in [0.717, 1.165) is 19.3 Å². The summed E-state index contributed by atoms with van der Waals surface area (Å²) in [6, 6.07) is 1.59. The van der Waals surface area contributed by atoms with Crippen LogP contribution in [0.5, 0.6) is 0 Å². The van der Waals surface area contributed by atoms with Crippen molar-refractivity contribution in [2.75, 3.05) is 32.7 Å². The van der Waals surface area contributed by atoms with Gasteiger partial charge in [0.1, 0.15) is 0 Å². The van der Waals surface area contributed by atoms with E-state index in [2.05, 4.69) is 17.2 Å². The smallest absolute Gasteiger partial charge is 0.255 e. The molecule has 1 N–H and O–H groups in total. The second-order valence-electron chi connectivity index (χ2n) is 6.22. The Bertz CT molecular complexity index is 625. The predicted octanol–water partition coefficient (Wildman–Crippen LogP) is 1.31. The molecule has 1 saturated heterocycles. The number of pyridine rings is 1. The molecular formula is C18H26N4O3. The highest BCUT2D eigenvalue weighted by molar-refractivity contribution is 5.99. The van der Waals surface area contributed by atoms with Crippen LogP contribution in [0.4, 0.5) is 0 Å². The summed E-state index contributed by atoms with van der Waals surface area (Å²) in [6.07, 6.45) is 6.06. The summed E-state index contributed by atoms with van der Waals surface area (Å²) in [4.78, 5) is 43.6. The highest BCUT2D eigenvalue weighted by Crippen LogP contribution is 2.10. The Hall–Kier alpha value is -2.44. The molecule has 7 nitrogen and oxygen atoms in total. The van der Waals surface area contributed by atoms with Crippen LogP contribution in [0.1, 0.15) is 53.8 Å². The molecule has 3 amide bonds. The van der Waals surface area contributed by atoms with Crippen molar-refractivity contribution in [1.82, 2.24) is 20.1 Å². The minimum absolute atomic E-state index is 0.0236. The molecule has 7 heteroatoms. The highest BCUT2D eigenvalue weighted by Gasteiger charge is 2.24. The standard InChI is InChI=1S/C18H26N4O3/c1-3-4-5-6-20-17(24)15-11-16(13-19-12-15)18(25)22-9-7-21(8-10-22)14(2)23/h11-13H,3-10H2,1-2H3,(H,20,24). The van der Waals surface area contributed by atoms with Crippen LogP contribution in [0.3, 0.4) is 0 Å². The molecular weight excluding hydrogens is 320 g/mol. The number of nitrogens with one attached hydrogen (secondary N) is 1. The van der Waals surface area contributed by atoms with Crippen molar-refractivity contribution in [3.63, 3.8) is 0 Å². The van der Waals surface area contributed by atoms with Gasteiger partial charge in [0, 0.05) is 52.0 Å². The molecule has 0 unspecified atom stereocenters. The molecule has 1 aromatic heterocycles. The van der Waals surface area contributed by atoms with Crippen LogP contribution in [0.25, 0.3) is 0 Å². The summed E-state index contributed by atoms with van der Waals surface area (Å²) in [6.45, 7) is 6.31. The van der Waals surface area contributed by atoms with Crippen LogP contribution < -0.4 is 5.32 Å². The Morgan fingerprint density at radius 1 is 1.04 bits per heavy atom. The van der Waals surface area contributed by atoms with E-state index in [9.17, 15) is 14.4 Å². The molecule has 0 aromatic carbocycles. The molecule has 0 radical (unpaired) electrons. The maximum Gasteiger partial charge on any atom is 0.255 e. The maximum atomic E-state index is 12.6. The average molecular weight is 346 g/mol. The van der Waals surface area contributed by atoms with Crippen molar-refractivity contribution in [2.24, 2.45) is 0 Å². The quantitative estimate of drug-likeness (QED) is 0.787. The lowest BCUT2D eigenvalue weighted by molar-refractivity contribution is -0.130. The predicted molar refractivity (Wildman–Crippen MR) is 94.3 cm³/mol. The Morgan fingerprint density at radius 2 is 1.68 bits per heavy atom. The van der Waals surface area contributed by atoms with E-state index in [0.29, 0.717) is 43.9 Å². The second-order valence-corrected chi connectivity index (χ2v) is 6.22. The van der Waals surface area contributed by atoms with Crippen molar-refractivity contribution < 1.29 is 14.4 Å². The zero-order valence-corrected chi connectivity index (χ0v) is 15.0. The summed E-state index contributed by atoms with van der Waals surface area (Å²) in [5.74, 6) is -0.341. The number of unbranched alkanes of at least 4 members (excludes halogenated alkanes) is 2. The molecule has 25 heavy (non-hydrogen) atoms. The Balaban J connectivity index is 1.95. The minimum atomic E-state index is -0.209. The van der Waals surface area contributed by atoms with Gasteiger partial charge in [0.15, 0.2) is 0 Å². The fourth-order valence-corrected chi connectivity index (χ4v) is 2.77. The number of aromatic nitrogens is 1. The Morgan fingerprint density at radius 3 is 2.32 bits per heavy atom. The molecule has 136 valence electrons. The molecule has 2 rings (SSSR count). The Labute approximate surface area is 148 Å². The van der Waals surface area contributed by atoms with Crippen LogP contribution in [0, 0.1) is 0 Å². The number of piperazine rings is 1. The molecule has 1 aliphatic rings. The lowest BCUT2D eigenvalue weighted by atomic mass is 10.1. The summed E-state index contributed by atoms with van der Waals surface area (Å²) in [7, 11) is 0. The Kier molecular flexibility index (Phi) is 6.91. The van der Waals surface area contributed by atoms with Crippen molar-refractivity contribution in [3.05, 3.63) is 29.6 Å². The van der Waals surface area contributed by atoms with Gasteiger partial charge in [-0.1, -0.05) is 19.8 Å². The van der Waals surface area contributed by atoms with E-state index in [-0.39, 0.29) is 17.7 Å². The van der Waals surface area contributed by atoms with E-state index in [1.807, 2.05) is 0 Å². The lowest BCUT2D eigenvalue weighted by Gasteiger charge is -2.34. The largest absolute Gasteiger partial charge is 0.352 e. The lowest BCUT2D eigenvalue weighted by Crippen LogP contribution is -2.50. The molecule has 2 heterocycles. The summed E-state index contributed by atoms with van der Waals surface area (Å²) >= 11 is 0. The van der Waals surface area contributed by atoms with Gasteiger partial charge < -0.3 is 15.1 Å². The molecule has 1 aliphatic heterocycles. The van der Waals surface area contributed by atoms with E-state index in [1.165, 1.54) is 19.3 Å². The third-order valence-electron chi connectivity index (χ3n) is 4.33. The van der Waals surface area contributed by atoms with Crippen LogP contribution in [0.2, 0.25) is 0 Å². The first-order valence-electron chi connectivity index (χ1n) is 8.81. The van der Waals surface area contributed by atoms with Gasteiger partial charge in [0.25, 0.3) is 11.8 Å². The second kappa shape index (κ2) is 9.15. The zero-order chi connectivity index (χ0) is 18.2. The van der Waals surface area contributed by atoms with Gasteiger partial charge in [-0.15, -0.1) is 0 Å². The molecule has 0 bridgehead atoms. The van der Waals surface area contributed by atoms with Gasteiger partial charge in [-0.2, -0.15) is 0 Å². The first kappa shape index (κ1) is 18.9. The number of hydrogen-bond acceptors (Lipinski definition) is 4. The molecule has 1 fully saturated rings. The third-order valence-corrected chi connectivity index (χ3v) is 4.33. The number of carbonyl (C=O) groups is 3. The fraction of sp³-hybridized carbons (Fsp3) is 0.556. The molecule has 0 spiro atoms. The van der Waals surface area contributed by atoms with E-state index < -0.39 is 0 Å². The number of rotatable bonds is 6. The van der Waals surface area contributed by atoms with Crippen molar-refractivity contribution >= 4 is 17.7 Å². The van der Waals surface area contributed by atoms with Crippen LogP contribution in [-0.4, -0.2) is 65.2 Å². The molecule has 0 atom stereocenters. The third kappa shape index (κ3) is 5.27. The van der Waals surface area contributed by atoms with Crippen molar-refractivity contribution in [3.8, 4) is 0 Å². The van der Waals surface area contributed by atoms with Crippen LogP contribution in [-0.2, 0) is 4.79 Å². The number of hydrogen-bond donors (Lipinski definition) is 1. The monoisotopic (exact) mass is 346 g/mol. The maximum absolute atomic E-state index is 12.6. The first-order valence-corrected chi connectivity index (χ1v) is 8.81. The van der Waals surface area contributed by atoms with Gasteiger partial charge in [-0.05, 0) is 12.5 Å². The molecule has 1 aromatic rings. The summed E-state index contributed by atoms with van der Waals surface area (Å²) in [5.41, 5.74) is 0.794. The van der Waals surface area contributed by atoms with Crippen LogP contribution in [0.15, 0.2) is 18.5 Å². The minimum Gasteiger partial charge on any atom is -0.352 e. The van der Waals surface area contributed by atoms with Gasteiger partial charge >= 0.3 is 0 Å². The number of nitrogens with zero attached hydrogens (tertiary/aromatic N) is 3. The zero-order valence-electron chi connectivity index (χ0n) is 15.0. The topological polar surface area (TPSA) is 82.6 Å². The average Bonchev–Trinajstić information content (AvgIpc) is 2.64. The van der Waals surface area contributed by atoms with Gasteiger partial charge in [0.2, 0.25) is 5.91 Å². The van der Waals surface area contributed by atoms with Crippen molar-refractivity contribution in [1.29, 1.82) is 0 Å². The van der Waals surface area contributed by atoms with Crippen molar-refractivity contribution in [2.45, 2.75) is 33.1 Å². The summed E-state index contributed by atoms with van der Waals surface area (Å²) < 4.78 is 0. The summed E-state index contributed by atoms with van der Waals surface area (Å²) in [5, 5.41) is 2.85. The van der Waals surface area contributed by atoms with Gasteiger partial charge in [-0.25, -0.2) is 0 Å². The number of carbonyl (C=O) groups excluding carboxylic acids is 3. The highest BCUT2D eigenvalue weighted by atomic mass is 16.2. The van der Waals surface area contributed by atoms with E-state index >= 15 is 0 Å². The molecule has 0 saturated carbocycles. The first-order chi connectivity index (χ1) is 12.0. The SMILES string of the molecule is CCCCCNC(=O)c1cncc(C(=O)N2CCN(C(C)=O)CC2)c1. The van der Waals surface area contributed by atoms with Gasteiger partial charge in [0.05, 0.1) is 11.1 Å². The van der Waals surface area contributed by atoms with E-state index in [1.54, 1.807) is 15.9 Å². The van der Waals surface area contributed by atoms with Gasteiger partial charge in [-0.3, -0.25) is 19.4 Å². The van der Waals surface area contributed by atoms with E-state index in [4.69, 9.17) is 0 Å². The molecule has 0 aliphatic carbocycles.